The van der Waals surface area contributed by atoms with Crippen LogP contribution >= 0.6 is 0 Å². The normalized spacial score (nSPS) is 10.3. The van der Waals surface area contributed by atoms with Gasteiger partial charge in [0.05, 0.1) is 11.0 Å². The predicted molar refractivity (Wildman–Crippen MR) is 95.1 cm³/mol. The summed E-state index contributed by atoms with van der Waals surface area (Å²) in [6.07, 6.45) is 1.72. The quantitative estimate of drug-likeness (QED) is 0.465. The molecule has 0 saturated carbocycles. The van der Waals surface area contributed by atoms with Crippen LogP contribution in [0.15, 0.2) is 71.7 Å². The van der Waals surface area contributed by atoms with Crippen LogP contribution in [-0.4, -0.2) is 9.97 Å². The number of fused-ring (bicyclic) bond motifs is 2. The predicted octanol–water partition coefficient (Wildman–Crippen LogP) is 2.93. The molecule has 114 valence electrons. The van der Waals surface area contributed by atoms with Crippen molar-refractivity contribution < 1.29 is 0 Å². The molecule has 2 heterocycles. The van der Waals surface area contributed by atoms with E-state index in [-0.39, 0.29) is 5.56 Å². The summed E-state index contributed by atoms with van der Waals surface area (Å²) in [4.78, 5) is 17.8. The lowest BCUT2D eigenvalue weighted by Gasteiger charge is -1.98. The van der Waals surface area contributed by atoms with Gasteiger partial charge in [-0.1, -0.05) is 36.4 Å². The molecular formula is C18H16N4O. The lowest BCUT2D eigenvalue weighted by molar-refractivity contribution is 1.31. The highest BCUT2D eigenvalue weighted by atomic mass is 16.1. The van der Waals surface area contributed by atoms with Crippen LogP contribution < -0.4 is 17.0 Å². The average molecular weight is 304 g/mol. The first-order valence-corrected chi connectivity index (χ1v) is 7.12. The van der Waals surface area contributed by atoms with Crippen LogP contribution in [0.1, 0.15) is 0 Å². The summed E-state index contributed by atoms with van der Waals surface area (Å²) in [7, 11) is 0. The molecule has 0 radical (unpaired) electrons. The number of nitrogens with zero attached hydrogens (tertiary/aromatic N) is 1. The molecule has 0 atom stereocenters. The highest BCUT2D eigenvalue weighted by molar-refractivity contribution is 5.90. The highest BCUT2D eigenvalue weighted by Crippen LogP contribution is 2.17. The molecule has 5 N–H and O–H groups in total. The second-order valence-corrected chi connectivity index (χ2v) is 5.05. The van der Waals surface area contributed by atoms with E-state index in [1.807, 2.05) is 54.6 Å². The first-order chi connectivity index (χ1) is 11.1. The van der Waals surface area contributed by atoms with Gasteiger partial charge in [0.2, 0.25) is 5.56 Å². The van der Waals surface area contributed by atoms with Gasteiger partial charge < -0.3 is 16.5 Å². The van der Waals surface area contributed by atoms with E-state index in [0.717, 1.165) is 27.5 Å². The molecular weight excluding hydrogens is 288 g/mol. The Kier molecular flexibility index (Phi) is 3.93. The Morgan fingerprint density at radius 2 is 1.52 bits per heavy atom. The number of nitrogens with two attached hydrogens (primary N) is 2. The lowest BCUT2D eigenvalue weighted by Crippen LogP contribution is -2.05. The number of para-hydroxylation sites is 2. The van der Waals surface area contributed by atoms with Gasteiger partial charge in [0.15, 0.2) is 0 Å². The van der Waals surface area contributed by atoms with Crippen LogP contribution in [0, 0.1) is 0 Å². The van der Waals surface area contributed by atoms with Gasteiger partial charge in [-0.3, -0.25) is 9.78 Å². The number of rotatable bonds is 0. The zero-order chi connectivity index (χ0) is 16.2. The van der Waals surface area contributed by atoms with Crippen molar-refractivity contribution in [1.82, 2.24) is 9.97 Å². The summed E-state index contributed by atoms with van der Waals surface area (Å²) >= 11 is 0. The van der Waals surface area contributed by atoms with Gasteiger partial charge in [-0.2, -0.15) is 0 Å². The summed E-state index contributed by atoms with van der Waals surface area (Å²) in [6.45, 7) is 0. The Morgan fingerprint density at radius 3 is 2.30 bits per heavy atom. The Bertz CT molecular complexity index is 1020. The standard InChI is InChI=1S/C9H8N2O.C9H8N2/c10-7-5-9(12)11-8-4-2-1-3-6(7)8;10-8-5-6-11-9-4-2-1-3-7(8)9/h1-5H,(H3,10,11,12);1-6H,(H2,10,11). The Hall–Kier alpha value is -3.34. The summed E-state index contributed by atoms with van der Waals surface area (Å²) in [5.41, 5.74) is 14.2. The number of hydrogen-bond donors (Lipinski definition) is 3. The molecule has 5 heteroatoms. The third-order valence-electron chi connectivity index (χ3n) is 3.47. The zero-order valence-electron chi connectivity index (χ0n) is 12.4. The number of nitrogens with one attached hydrogen (secondary N) is 1. The first kappa shape index (κ1) is 14.6. The second kappa shape index (κ2) is 6.19. The van der Waals surface area contributed by atoms with E-state index < -0.39 is 0 Å². The van der Waals surface area contributed by atoms with Crippen molar-refractivity contribution in [3.63, 3.8) is 0 Å². The number of anilines is 2. The molecule has 0 aliphatic carbocycles. The summed E-state index contributed by atoms with van der Waals surface area (Å²) in [5, 5.41) is 1.91. The molecule has 2 aromatic carbocycles. The number of pyridine rings is 2. The average Bonchev–Trinajstić information content (AvgIpc) is 2.56. The summed E-state index contributed by atoms with van der Waals surface area (Å²) in [6, 6.07) is 18.5. The number of H-pyrrole nitrogens is 1. The summed E-state index contributed by atoms with van der Waals surface area (Å²) in [5.74, 6) is 0. The minimum atomic E-state index is -0.161. The second-order valence-electron chi connectivity index (χ2n) is 5.05. The van der Waals surface area contributed by atoms with Crippen LogP contribution in [0.5, 0.6) is 0 Å². The molecule has 0 aliphatic heterocycles. The Morgan fingerprint density at radius 1 is 0.826 bits per heavy atom. The summed E-state index contributed by atoms with van der Waals surface area (Å²) < 4.78 is 0. The van der Waals surface area contributed by atoms with Crippen molar-refractivity contribution in [3.8, 4) is 0 Å². The van der Waals surface area contributed by atoms with Crippen LogP contribution in [0.4, 0.5) is 11.4 Å². The molecule has 5 nitrogen and oxygen atoms in total. The number of hydrogen-bond acceptors (Lipinski definition) is 4. The van der Waals surface area contributed by atoms with Crippen LogP contribution in [0.25, 0.3) is 21.8 Å². The maximum atomic E-state index is 11.0. The van der Waals surface area contributed by atoms with Crippen molar-refractivity contribution in [2.24, 2.45) is 0 Å². The van der Waals surface area contributed by atoms with E-state index in [2.05, 4.69) is 9.97 Å². The van der Waals surface area contributed by atoms with Crippen LogP contribution in [0.2, 0.25) is 0 Å². The molecule has 4 rings (SSSR count). The van der Waals surface area contributed by atoms with Crippen LogP contribution in [-0.2, 0) is 0 Å². The van der Waals surface area contributed by atoms with Gasteiger partial charge in [0, 0.05) is 34.4 Å². The molecule has 0 spiro atoms. The first-order valence-electron chi connectivity index (χ1n) is 7.12. The number of nitrogen functional groups attached to an aromatic ring is 2. The fraction of sp³-hybridized carbons (Fsp3) is 0. The van der Waals surface area contributed by atoms with Gasteiger partial charge in [0.25, 0.3) is 0 Å². The molecule has 0 bridgehead atoms. The molecule has 0 saturated heterocycles. The van der Waals surface area contributed by atoms with Gasteiger partial charge in [-0.05, 0) is 18.2 Å². The number of benzene rings is 2. The van der Waals surface area contributed by atoms with Crippen molar-refractivity contribution in [2.75, 3.05) is 11.5 Å². The Balaban J connectivity index is 0.000000136. The van der Waals surface area contributed by atoms with Gasteiger partial charge in [0.1, 0.15) is 0 Å². The van der Waals surface area contributed by atoms with Crippen molar-refractivity contribution in [3.05, 3.63) is 77.2 Å². The van der Waals surface area contributed by atoms with E-state index in [1.54, 1.807) is 6.20 Å². The molecule has 0 fully saturated rings. The smallest absolute Gasteiger partial charge is 0.250 e. The maximum Gasteiger partial charge on any atom is 0.250 e. The third-order valence-corrected chi connectivity index (χ3v) is 3.47. The third kappa shape index (κ3) is 3.13. The van der Waals surface area contributed by atoms with E-state index in [1.165, 1.54) is 6.07 Å². The molecule has 0 aliphatic rings. The van der Waals surface area contributed by atoms with Crippen LogP contribution in [0.3, 0.4) is 0 Å². The topological polar surface area (TPSA) is 97.8 Å². The zero-order valence-corrected chi connectivity index (χ0v) is 12.4. The Labute approximate surface area is 132 Å². The largest absolute Gasteiger partial charge is 0.398 e. The monoisotopic (exact) mass is 304 g/mol. The molecule has 23 heavy (non-hydrogen) atoms. The molecule has 0 amide bonds. The number of aromatic nitrogens is 2. The van der Waals surface area contributed by atoms with Crippen molar-refractivity contribution >= 4 is 33.2 Å². The van der Waals surface area contributed by atoms with Crippen molar-refractivity contribution in [1.29, 1.82) is 0 Å². The minimum Gasteiger partial charge on any atom is -0.398 e. The fourth-order valence-corrected chi connectivity index (χ4v) is 2.35. The van der Waals surface area contributed by atoms with E-state index in [4.69, 9.17) is 11.5 Å². The van der Waals surface area contributed by atoms with Crippen molar-refractivity contribution in [2.45, 2.75) is 0 Å². The van der Waals surface area contributed by atoms with Gasteiger partial charge in [-0.15, -0.1) is 0 Å². The van der Waals surface area contributed by atoms with Gasteiger partial charge in [-0.25, -0.2) is 0 Å². The van der Waals surface area contributed by atoms with Gasteiger partial charge >= 0.3 is 0 Å². The van der Waals surface area contributed by atoms with E-state index >= 15 is 0 Å². The fourth-order valence-electron chi connectivity index (χ4n) is 2.35. The molecule has 0 unspecified atom stereocenters. The van der Waals surface area contributed by atoms with E-state index in [9.17, 15) is 4.79 Å². The highest BCUT2D eigenvalue weighted by Gasteiger charge is 1.97. The number of aromatic amines is 1. The lowest BCUT2D eigenvalue weighted by atomic mass is 10.2. The maximum absolute atomic E-state index is 11.0. The molecule has 4 aromatic rings. The minimum absolute atomic E-state index is 0.161. The molecule has 2 aromatic heterocycles. The SMILES string of the molecule is Nc1cc(=O)[nH]c2ccccc12.Nc1ccnc2ccccc12. The van der Waals surface area contributed by atoms with E-state index in [0.29, 0.717) is 5.69 Å².